The van der Waals surface area contributed by atoms with Gasteiger partial charge in [-0.05, 0) is 24.6 Å². The molecule has 0 heterocycles. The normalized spacial score (nSPS) is 11.4. The number of hydrogen-bond acceptors (Lipinski definition) is 2. The number of halogens is 1. The molecule has 0 aliphatic carbocycles. The van der Waals surface area contributed by atoms with Crippen molar-refractivity contribution in [2.75, 3.05) is 0 Å². The quantitative estimate of drug-likeness (QED) is 0.540. The highest BCUT2D eigenvalue weighted by Gasteiger charge is 2.00. The number of benzene rings is 1. The predicted octanol–water partition coefficient (Wildman–Crippen LogP) is 2.98. The Balaban J connectivity index is 3.02. The van der Waals surface area contributed by atoms with Gasteiger partial charge in [-0.3, -0.25) is 10.1 Å². The Morgan fingerprint density at radius 2 is 2.31 bits per heavy atom. The van der Waals surface area contributed by atoms with Crippen LogP contribution in [0.5, 0.6) is 0 Å². The summed E-state index contributed by atoms with van der Waals surface area (Å²) in [6, 6.07) is 6.96. The molecule has 0 N–H and O–H groups in total. The molecular weight excluding hydrogens is 190 g/mol. The van der Waals surface area contributed by atoms with E-state index in [4.69, 9.17) is 11.6 Å². The van der Waals surface area contributed by atoms with Crippen LogP contribution in [-0.4, -0.2) is 4.92 Å². The van der Waals surface area contributed by atoms with Crippen LogP contribution in [0.3, 0.4) is 0 Å². The number of hydrogen-bond donors (Lipinski definition) is 0. The molecule has 1 aromatic carbocycles. The summed E-state index contributed by atoms with van der Waals surface area (Å²) in [4.78, 5) is 9.69. The zero-order valence-corrected chi connectivity index (χ0v) is 7.78. The van der Waals surface area contributed by atoms with Crippen LogP contribution in [0.2, 0.25) is 5.02 Å². The maximum absolute atomic E-state index is 10.2. The standard InChI is InChI=1S/C9H8ClNO2/c1-7(6-11(12)13)8-3-2-4-9(10)5-8/h2-6H,1H3. The molecule has 3 nitrogen and oxygen atoms in total. The summed E-state index contributed by atoms with van der Waals surface area (Å²) in [5.41, 5.74) is 1.36. The highest BCUT2D eigenvalue weighted by atomic mass is 35.5. The van der Waals surface area contributed by atoms with Gasteiger partial charge in [-0.25, -0.2) is 0 Å². The topological polar surface area (TPSA) is 43.1 Å². The molecule has 0 aliphatic rings. The van der Waals surface area contributed by atoms with Crippen molar-refractivity contribution in [1.82, 2.24) is 0 Å². The van der Waals surface area contributed by atoms with Gasteiger partial charge < -0.3 is 0 Å². The van der Waals surface area contributed by atoms with Gasteiger partial charge in [-0.2, -0.15) is 0 Å². The van der Waals surface area contributed by atoms with Crippen LogP contribution in [0, 0.1) is 10.1 Å². The Morgan fingerprint density at radius 3 is 2.85 bits per heavy atom. The first-order valence-corrected chi connectivity index (χ1v) is 4.05. The molecule has 0 saturated carbocycles. The smallest absolute Gasteiger partial charge is 0.237 e. The van der Waals surface area contributed by atoms with Crippen molar-refractivity contribution >= 4 is 17.2 Å². The van der Waals surface area contributed by atoms with Gasteiger partial charge in [0.2, 0.25) is 6.20 Å². The second-order valence-corrected chi connectivity index (χ2v) is 3.04. The summed E-state index contributed by atoms with van der Waals surface area (Å²) in [6.07, 6.45) is 0.964. The molecule has 13 heavy (non-hydrogen) atoms. The largest absolute Gasteiger partial charge is 0.259 e. The summed E-state index contributed by atoms with van der Waals surface area (Å²) in [5, 5.41) is 10.7. The molecule has 0 unspecified atom stereocenters. The lowest BCUT2D eigenvalue weighted by Gasteiger charge is -1.97. The molecule has 68 valence electrons. The first kappa shape index (κ1) is 9.74. The van der Waals surface area contributed by atoms with Crippen LogP contribution in [-0.2, 0) is 0 Å². The summed E-state index contributed by atoms with van der Waals surface area (Å²) < 4.78 is 0. The molecule has 0 fully saturated rings. The summed E-state index contributed by atoms with van der Waals surface area (Å²) in [7, 11) is 0. The van der Waals surface area contributed by atoms with Gasteiger partial charge in [0.1, 0.15) is 0 Å². The minimum atomic E-state index is -0.476. The van der Waals surface area contributed by atoms with E-state index in [9.17, 15) is 10.1 Å². The zero-order valence-electron chi connectivity index (χ0n) is 7.03. The molecule has 0 saturated heterocycles. The van der Waals surface area contributed by atoms with E-state index in [-0.39, 0.29) is 0 Å². The SMILES string of the molecule is CC(=C[N+](=O)[O-])c1cccc(Cl)c1. The van der Waals surface area contributed by atoms with Crippen molar-refractivity contribution in [1.29, 1.82) is 0 Å². The van der Waals surface area contributed by atoms with Crippen molar-refractivity contribution < 1.29 is 4.92 Å². The molecule has 0 aliphatic heterocycles. The Morgan fingerprint density at radius 1 is 1.62 bits per heavy atom. The van der Waals surface area contributed by atoms with Gasteiger partial charge in [0.05, 0.1) is 4.92 Å². The van der Waals surface area contributed by atoms with Gasteiger partial charge in [0.25, 0.3) is 0 Å². The van der Waals surface area contributed by atoms with E-state index in [1.807, 2.05) is 0 Å². The molecule has 1 rings (SSSR count). The lowest BCUT2D eigenvalue weighted by Crippen LogP contribution is -1.87. The fourth-order valence-electron chi connectivity index (χ4n) is 0.966. The first-order chi connectivity index (χ1) is 6.09. The van der Waals surface area contributed by atoms with Crippen molar-refractivity contribution in [2.45, 2.75) is 6.92 Å². The lowest BCUT2D eigenvalue weighted by molar-refractivity contribution is -0.401. The van der Waals surface area contributed by atoms with E-state index in [2.05, 4.69) is 0 Å². The molecule has 0 bridgehead atoms. The number of nitro groups is 1. The third-order valence-corrected chi connectivity index (χ3v) is 1.81. The fraction of sp³-hybridized carbons (Fsp3) is 0.111. The Kier molecular flexibility index (Phi) is 3.03. The van der Waals surface area contributed by atoms with E-state index in [1.165, 1.54) is 0 Å². The van der Waals surface area contributed by atoms with Crippen molar-refractivity contribution in [3.8, 4) is 0 Å². The second-order valence-electron chi connectivity index (χ2n) is 2.61. The Bertz CT molecular complexity index is 360. The molecule has 0 aromatic heterocycles. The first-order valence-electron chi connectivity index (χ1n) is 3.67. The predicted molar refractivity (Wildman–Crippen MR) is 52.1 cm³/mol. The summed E-state index contributed by atoms with van der Waals surface area (Å²) >= 11 is 5.73. The molecule has 1 aromatic rings. The summed E-state index contributed by atoms with van der Waals surface area (Å²) in [5.74, 6) is 0. The maximum Gasteiger partial charge on any atom is 0.237 e. The molecule has 0 spiro atoms. The zero-order chi connectivity index (χ0) is 9.84. The van der Waals surface area contributed by atoms with Crippen LogP contribution in [0.1, 0.15) is 12.5 Å². The minimum Gasteiger partial charge on any atom is -0.259 e. The maximum atomic E-state index is 10.2. The third kappa shape index (κ3) is 2.87. The third-order valence-electron chi connectivity index (χ3n) is 1.58. The van der Waals surface area contributed by atoms with Gasteiger partial charge in [0.15, 0.2) is 0 Å². The number of nitrogens with zero attached hydrogens (tertiary/aromatic N) is 1. The molecule has 4 heteroatoms. The fourth-order valence-corrected chi connectivity index (χ4v) is 1.16. The molecular formula is C9H8ClNO2. The highest BCUT2D eigenvalue weighted by Crippen LogP contribution is 2.17. The van der Waals surface area contributed by atoms with Crippen molar-refractivity contribution in [3.63, 3.8) is 0 Å². The van der Waals surface area contributed by atoms with Crippen LogP contribution in [0.4, 0.5) is 0 Å². The molecule has 0 atom stereocenters. The second kappa shape index (κ2) is 4.05. The van der Waals surface area contributed by atoms with Crippen LogP contribution in [0.25, 0.3) is 5.57 Å². The Hall–Kier alpha value is -1.35. The van der Waals surface area contributed by atoms with E-state index < -0.39 is 4.92 Å². The van der Waals surface area contributed by atoms with Crippen LogP contribution >= 0.6 is 11.6 Å². The minimum absolute atomic E-state index is 0.476. The lowest BCUT2D eigenvalue weighted by atomic mass is 10.1. The van der Waals surface area contributed by atoms with E-state index in [1.54, 1.807) is 31.2 Å². The van der Waals surface area contributed by atoms with Gasteiger partial charge in [-0.1, -0.05) is 23.7 Å². The van der Waals surface area contributed by atoms with Gasteiger partial charge >= 0.3 is 0 Å². The van der Waals surface area contributed by atoms with Crippen LogP contribution in [0.15, 0.2) is 30.5 Å². The Labute approximate surface area is 80.8 Å². The van der Waals surface area contributed by atoms with Gasteiger partial charge in [0, 0.05) is 10.6 Å². The number of allylic oxidation sites excluding steroid dienone is 1. The van der Waals surface area contributed by atoms with Gasteiger partial charge in [-0.15, -0.1) is 0 Å². The van der Waals surface area contributed by atoms with Crippen LogP contribution < -0.4 is 0 Å². The molecule has 0 radical (unpaired) electrons. The van der Waals surface area contributed by atoms with Crippen molar-refractivity contribution in [2.24, 2.45) is 0 Å². The van der Waals surface area contributed by atoms with Crippen molar-refractivity contribution in [3.05, 3.63) is 51.2 Å². The van der Waals surface area contributed by atoms with E-state index >= 15 is 0 Å². The number of rotatable bonds is 2. The summed E-state index contributed by atoms with van der Waals surface area (Å²) in [6.45, 7) is 1.68. The highest BCUT2D eigenvalue weighted by molar-refractivity contribution is 6.30. The van der Waals surface area contributed by atoms with E-state index in [0.717, 1.165) is 11.8 Å². The monoisotopic (exact) mass is 197 g/mol. The average Bonchev–Trinajstić information content (AvgIpc) is 2.03. The average molecular weight is 198 g/mol. The molecule has 0 amide bonds. The van der Waals surface area contributed by atoms with E-state index in [0.29, 0.717) is 10.6 Å².